The first-order valence-corrected chi connectivity index (χ1v) is 9.15. The van der Waals surface area contributed by atoms with Crippen LogP contribution in [0.1, 0.15) is 50.2 Å². The summed E-state index contributed by atoms with van der Waals surface area (Å²) in [5, 5.41) is 1.32. The Kier molecular flexibility index (Phi) is 3.00. The van der Waals surface area contributed by atoms with E-state index in [0.29, 0.717) is 11.3 Å². The number of aromatic amines is 1. The summed E-state index contributed by atoms with van der Waals surface area (Å²) >= 11 is 0. The van der Waals surface area contributed by atoms with Gasteiger partial charge >= 0.3 is 0 Å². The third-order valence-corrected chi connectivity index (χ3v) is 6.89. The molecule has 3 aliphatic rings. The summed E-state index contributed by atoms with van der Waals surface area (Å²) in [6.45, 7) is 5.43. The van der Waals surface area contributed by atoms with Crippen molar-refractivity contribution in [3.05, 3.63) is 48.2 Å². The molecular formula is C21H25NO. The molecule has 1 aromatic heterocycles. The standard InChI is InChI=1S/C21H25NO/c1-14-9-10-15-6-4-5-11-21(15)13-23-20(19(14)21)17-12-22-18-8-3-2-7-16(17)18/h2-3,7-8,12,15,19-20,22H,1,4-6,9-11,13H2/t15-,19-,20-,21-/m0/s1. The van der Waals surface area contributed by atoms with Crippen LogP contribution in [0.4, 0.5) is 0 Å². The van der Waals surface area contributed by atoms with Crippen molar-refractivity contribution in [3.8, 4) is 0 Å². The molecule has 2 aliphatic carbocycles. The molecule has 1 aliphatic heterocycles. The van der Waals surface area contributed by atoms with Gasteiger partial charge in [0, 0.05) is 34.0 Å². The molecule has 23 heavy (non-hydrogen) atoms. The van der Waals surface area contributed by atoms with Gasteiger partial charge in [-0.15, -0.1) is 0 Å². The molecule has 120 valence electrons. The zero-order chi connectivity index (χ0) is 15.4. The SMILES string of the molecule is C=C1CC[C@@H]2CCCC[C@]23CO[C@@H](c2c[nH]c4ccccc24)[C@H]13. The Morgan fingerprint density at radius 1 is 1.17 bits per heavy atom. The lowest BCUT2D eigenvalue weighted by atomic mass is 9.53. The van der Waals surface area contributed by atoms with Crippen molar-refractivity contribution in [2.24, 2.45) is 17.3 Å². The molecule has 1 N–H and O–H groups in total. The maximum absolute atomic E-state index is 6.50. The highest BCUT2D eigenvalue weighted by molar-refractivity contribution is 5.83. The molecule has 0 bridgehead atoms. The number of benzene rings is 1. The van der Waals surface area contributed by atoms with Crippen molar-refractivity contribution in [2.45, 2.75) is 44.6 Å². The van der Waals surface area contributed by atoms with E-state index in [-0.39, 0.29) is 6.10 Å². The van der Waals surface area contributed by atoms with Crippen molar-refractivity contribution in [3.63, 3.8) is 0 Å². The lowest BCUT2D eigenvalue weighted by Gasteiger charge is -2.49. The Labute approximate surface area is 137 Å². The van der Waals surface area contributed by atoms with Crippen molar-refractivity contribution in [1.29, 1.82) is 0 Å². The first-order valence-electron chi connectivity index (χ1n) is 9.15. The minimum atomic E-state index is 0.194. The largest absolute Gasteiger partial charge is 0.372 e. The maximum Gasteiger partial charge on any atom is 0.0917 e. The van der Waals surface area contributed by atoms with Crippen LogP contribution in [0.2, 0.25) is 0 Å². The molecule has 4 atom stereocenters. The molecule has 2 heterocycles. The molecule has 2 aromatic rings. The first-order chi connectivity index (χ1) is 11.3. The number of H-pyrrole nitrogens is 1. The summed E-state index contributed by atoms with van der Waals surface area (Å²) in [4.78, 5) is 3.44. The summed E-state index contributed by atoms with van der Waals surface area (Å²) in [5.74, 6) is 1.36. The molecule has 2 nitrogen and oxygen atoms in total. The van der Waals surface area contributed by atoms with Crippen LogP contribution in [-0.2, 0) is 4.74 Å². The minimum Gasteiger partial charge on any atom is -0.372 e. The normalized spacial score (nSPS) is 36.9. The van der Waals surface area contributed by atoms with Crippen LogP contribution in [0.25, 0.3) is 10.9 Å². The Morgan fingerprint density at radius 2 is 2.09 bits per heavy atom. The van der Waals surface area contributed by atoms with E-state index in [1.54, 1.807) is 0 Å². The molecule has 0 unspecified atom stereocenters. The Hall–Kier alpha value is -1.54. The number of ether oxygens (including phenoxy) is 1. The van der Waals surface area contributed by atoms with Crippen molar-refractivity contribution < 1.29 is 4.74 Å². The van der Waals surface area contributed by atoms with Crippen LogP contribution in [0.3, 0.4) is 0 Å². The topological polar surface area (TPSA) is 25.0 Å². The van der Waals surface area contributed by atoms with E-state index in [2.05, 4.69) is 42.0 Å². The van der Waals surface area contributed by atoms with Crippen LogP contribution in [0.5, 0.6) is 0 Å². The van der Waals surface area contributed by atoms with Crippen LogP contribution < -0.4 is 0 Å². The monoisotopic (exact) mass is 307 g/mol. The summed E-state index contributed by atoms with van der Waals surface area (Å²) in [7, 11) is 0. The predicted molar refractivity (Wildman–Crippen MR) is 93.2 cm³/mol. The average Bonchev–Trinajstić information content (AvgIpc) is 3.16. The fourth-order valence-corrected chi connectivity index (χ4v) is 5.83. The molecule has 1 saturated heterocycles. The minimum absolute atomic E-state index is 0.194. The summed E-state index contributed by atoms with van der Waals surface area (Å²) in [5.41, 5.74) is 4.37. The number of aromatic nitrogens is 1. The third kappa shape index (κ3) is 1.85. The zero-order valence-electron chi connectivity index (χ0n) is 13.7. The molecule has 3 fully saturated rings. The van der Waals surface area contributed by atoms with Crippen molar-refractivity contribution in [2.75, 3.05) is 6.61 Å². The van der Waals surface area contributed by atoms with Crippen LogP contribution in [0, 0.1) is 17.3 Å². The smallest absolute Gasteiger partial charge is 0.0917 e. The molecule has 0 radical (unpaired) electrons. The van der Waals surface area contributed by atoms with E-state index in [9.17, 15) is 0 Å². The van der Waals surface area contributed by atoms with E-state index >= 15 is 0 Å². The number of rotatable bonds is 1. The van der Waals surface area contributed by atoms with Gasteiger partial charge in [-0.05, 0) is 37.7 Å². The average molecular weight is 307 g/mol. The summed E-state index contributed by atoms with van der Waals surface area (Å²) in [6.07, 6.45) is 10.4. The molecule has 5 rings (SSSR count). The van der Waals surface area contributed by atoms with Crippen LogP contribution in [-0.4, -0.2) is 11.6 Å². The fourth-order valence-electron chi connectivity index (χ4n) is 5.83. The van der Waals surface area contributed by atoms with Gasteiger partial charge in [-0.1, -0.05) is 43.2 Å². The second-order valence-corrected chi connectivity index (χ2v) is 7.87. The van der Waals surface area contributed by atoms with E-state index in [1.165, 1.54) is 60.6 Å². The van der Waals surface area contributed by atoms with Crippen molar-refractivity contribution in [1.82, 2.24) is 4.98 Å². The van der Waals surface area contributed by atoms with Gasteiger partial charge in [-0.2, -0.15) is 0 Å². The molecule has 1 spiro atoms. The maximum atomic E-state index is 6.50. The fraction of sp³-hybridized carbons (Fsp3) is 0.524. The van der Waals surface area contributed by atoms with Gasteiger partial charge in [-0.3, -0.25) is 0 Å². The van der Waals surface area contributed by atoms with E-state index in [4.69, 9.17) is 4.74 Å². The number of hydrogen-bond acceptors (Lipinski definition) is 1. The number of fused-ring (bicyclic) bond motifs is 1. The number of para-hydroxylation sites is 1. The number of hydrogen-bond donors (Lipinski definition) is 1. The highest BCUT2D eigenvalue weighted by atomic mass is 16.5. The molecule has 1 aromatic carbocycles. The molecule has 2 saturated carbocycles. The van der Waals surface area contributed by atoms with Gasteiger partial charge in [-0.25, -0.2) is 0 Å². The van der Waals surface area contributed by atoms with Gasteiger partial charge in [0.25, 0.3) is 0 Å². The highest BCUT2D eigenvalue weighted by Gasteiger charge is 2.57. The van der Waals surface area contributed by atoms with Gasteiger partial charge in [0.15, 0.2) is 0 Å². The third-order valence-electron chi connectivity index (χ3n) is 6.89. The summed E-state index contributed by atoms with van der Waals surface area (Å²) < 4.78 is 6.50. The second kappa shape index (κ2) is 4.98. The Balaban J connectivity index is 1.61. The van der Waals surface area contributed by atoms with Gasteiger partial charge < -0.3 is 9.72 Å². The first kappa shape index (κ1) is 13.9. The van der Waals surface area contributed by atoms with E-state index < -0.39 is 0 Å². The van der Waals surface area contributed by atoms with E-state index in [0.717, 1.165) is 12.5 Å². The zero-order valence-corrected chi connectivity index (χ0v) is 13.7. The highest BCUT2D eigenvalue weighted by Crippen LogP contribution is 2.63. The van der Waals surface area contributed by atoms with E-state index in [1.807, 2.05) is 0 Å². The number of nitrogens with one attached hydrogen (secondary N) is 1. The molecule has 0 amide bonds. The predicted octanol–water partition coefficient (Wildman–Crippen LogP) is 5.38. The second-order valence-electron chi connectivity index (χ2n) is 7.87. The molecular weight excluding hydrogens is 282 g/mol. The van der Waals surface area contributed by atoms with Gasteiger partial charge in [0.05, 0.1) is 12.7 Å². The molecule has 2 heteroatoms. The van der Waals surface area contributed by atoms with Gasteiger partial charge in [0.1, 0.15) is 0 Å². The quantitative estimate of drug-likeness (QED) is 0.703. The van der Waals surface area contributed by atoms with Gasteiger partial charge in [0.2, 0.25) is 0 Å². The lowest BCUT2D eigenvalue weighted by Crippen LogP contribution is -2.44. The Bertz CT molecular complexity index is 760. The summed E-state index contributed by atoms with van der Waals surface area (Å²) in [6, 6.07) is 8.60. The lowest BCUT2D eigenvalue weighted by molar-refractivity contribution is 0.0322. The Morgan fingerprint density at radius 3 is 3.04 bits per heavy atom. The van der Waals surface area contributed by atoms with Crippen molar-refractivity contribution >= 4 is 10.9 Å². The van der Waals surface area contributed by atoms with Crippen LogP contribution in [0.15, 0.2) is 42.6 Å². The van der Waals surface area contributed by atoms with Crippen LogP contribution >= 0.6 is 0 Å².